The van der Waals surface area contributed by atoms with E-state index in [1.165, 1.54) is 0 Å². The molecule has 0 bridgehead atoms. The van der Waals surface area contributed by atoms with E-state index in [9.17, 15) is 5.11 Å². The summed E-state index contributed by atoms with van der Waals surface area (Å²) in [6.07, 6.45) is 0.277. The van der Waals surface area contributed by atoms with E-state index in [2.05, 4.69) is 5.32 Å². The number of aliphatic hydroxyl groups excluding tert-OH is 1. The summed E-state index contributed by atoms with van der Waals surface area (Å²) in [5.41, 5.74) is 0.974. The van der Waals surface area contributed by atoms with Gasteiger partial charge in [0.25, 0.3) is 0 Å². The molecule has 17 heavy (non-hydrogen) atoms. The Bertz CT molecular complexity index is 342. The van der Waals surface area contributed by atoms with Gasteiger partial charge in [0.15, 0.2) is 0 Å². The van der Waals surface area contributed by atoms with Crippen LogP contribution in [0, 0.1) is 0 Å². The van der Waals surface area contributed by atoms with E-state index in [1.807, 2.05) is 25.1 Å². The molecule has 0 fully saturated rings. The molecule has 3 nitrogen and oxygen atoms in total. The largest absolute Gasteiger partial charge is 0.493 e. The number of aliphatic hydroxyl groups is 1. The quantitative estimate of drug-likeness (QED) is 0.789. The first kappa shape index (κ1) is 14.3. The van der Waals surface area contributed by atoms with Gasteiger partial charge in [-0.15, -0.1) is 0 Å². The fourth-order valence-corrected chi connectivity index (χ4v) is 1.67. The minimum atomic E-state index is -0.341. The summed E-state index contributed by atoms with van der Waals surface area (Å²) in [6, 6.07) is 5.63. The van der Waals surface area contributed by atoms with Crippen LogP contribution in [0.1, 0.15) is 25.8 Å². The van der Waals surface area contributed by atoms with Crippen molar-refractivity contribution >= 4 is 11.6 Å². The van der Waals surface area contributed by atoms with Crippen molar-refractivity contribution in [2.45, 2.75) is 32.9 Å². The molecule has 1 unspecified atom stereocenters. The van der Waals surface area contributed by atoms with Crippen LogP contribution in [0.5, 0.6) is 5.75 Å². The van der Waals surface area contributed by atoms with Gasteiger partial charge in [0.05, 0.1) is 12.7 Å². The van der Waals surface area contributed by atoms with E-state index in [1.54, 1.807) is 6.92 Å². The molecule has 0 amide bonds. The van der Waals surface area contributed by atoms with E-state index in [-0.39, 0.29) is 6.10 Å². The molecule has 0 aliphatic carbocycles. The molecule has 0 heterocycles. The zero-order valence-corrected chi connectivity index (χ0v) is 11.1. The van der Waals surface area contributed by atoms with E-state index in [4.69, 9.17) is 16.3 Å². The molecule has 2 N–H and O–H groups in total. The minimum absolute atomic E-state index is 0.341. The molecule has 0 aliphatic heterocycles. The number of benzene rings is 1. The third-order valence-electron chi connectivity index (χ3n) is 2.42. The van der Waals surface area contributed by atoms with Crippen LogP contribution in [0.3, 0.4) is 0 Å². The van der Waals surface area contributed by atoms with Crippen LogP contribution in [0.25, 0.3) is 0 Å². The predicted molar refractivity (Wildman–Crippen MR) is 70.6 cm³/mol. The van der Waals surface area contributed by atoms with Crippen molar-refractivity contribution in [3.63, 3.8) is 0 Å². The van der Waals surface area contributed by atoms with Crippen molar-refractivity contribution in [1.82, 2.24) is 5.32 Å². The Morgan fingerprint density at radius 1 is 1.47 bits per heavy atom. The number of nitrogens with one attached hydrogen (secondary N) is 1. The van der Waals surface area contributed by atoms with Crippen LogP contribution in [0.4, 0.5) is 0 Å². The van der Waals surface area contributed by atoms with Crippen molar-refractivity contribution in [2.24, 2.45) is 0 Å². The van der Waals surface area contributed by atoms with Crippen molar-refractivity contribution in [2.75, 3.05) is 13.2 Å². The zero-order chi connectivity index (χ0) is 12.7. The van der Waals surface area contributed by atoms with E-state index in [0.717, 1.165) is 17.9 Å². The highest BCUT2D eigenvalue weighted by atomic mass is 35.5. The van der Waals surface area contributed by atoms with Crippen molar-refractivity contribution < 1.29 is 9.84 Å². The molecule has 1 aromatic rings. The summed E-state index contributed by atoms with van der Waals surface area (Å²) in [7, 11) is 0. The fraction of sp³-hybridized carbons (Fsp3) is 0.538. The van der Waals surface area contributed by atoms with Crippen molar-refractivity contribution in [3.8, 4) is 5.75 Å². The average molecular weight is 258 g/mol. The number of ether oxygens (including phenoxy) is 1. The van der Waals surface area contributed by atoms with Crippen LogP contribution in [-0.2, 0) is 6.54 Å². The lowest BCUT2D eigenvalue weighted by atomic mass is 10.2. The number of hydrogen-bond acceptors (Lipinski definition) is 3. The summed E-state index contributed by atoms with van der Waals surface area (Å²) < 4.78 is 5.64. The Balaban J connectivity index is 2.65. The standard InChI is InChI=1S/C13H20ClNO2/c1-3-15-9-11-12(14)5-4-6-13(11)17-8-7-10(2)16/h4-6,10,15-16H,3,7-9H2,1-2H3. The van der Waals surface area contributed by atoms with E-state index < -0.39 is 0 Å². The summed E-state index contributed by atoms with van der Waals surface area (Å²) in [5.74, 6) is 0.791. The summed E-state index contributed by atoms with van der Waals surface area (Å²) >= 11 is 6.14. The lowest BCUT2D eigenvalue weighted by molar-refractivity contribution is 0.155. The summed E-state index contributed by atoms with van der Waals surface area (Å²) in [6.45, 7) is 5.88. The monoisotopic (exact) mass is 257 g/mol. The fourth-order valence-electron chi connectivity index (χ4n) is 1.44. The molecular formula is C13H20ClNO2. The normalized spacial score (nSPS) is 12.5. The van der Waals surface area contributed by atoms with Crippen molar-refractivity contribution in [3.05, 3.63) is 28.8 Å². The molecule has 96 valence electrons. The second-order valence-electron chi connectivity index (χ2n) is 3.98. The topological polar surface area (TPSA) is 41.5 Å². The van der Waals surface area contributed by atoms with Crippen molar-refractivity contribution in [1.29, 1.82) is 0 Å². The highest BCUT2D eigenvalue weighted by molar-refractivity contribution is 6.31. The van der Waals surface area contributed by atoms with E-state index in [0.29, 0.717) is 24.6 Å². The van der Waals surface area contributed by atoms with E-state index >= 15 is 0 Å². The minimum Gasteiger partial charge on any atom is -0.493 e. The molecule has 1 rings (SSSR count). The molecule has 0 saturated carbocycles. The van der Waals surface area contributed by atoms with Crippen LogP contribution < -0.4 is 10.1 Å². The SMILES string of the molecule is CCNCc1c(Cl)cccc1OCCC(C)O. The molecule has 0 spiro atoms. The Morgan fingerprint density at radius 3 is 2.88 bits per heavy atom. The summed E-state index contributed by atoms with van der Waals surface area (Å²) in [5, 5.41) is 13.1. The first-order chi connectivity index (χ1) is 8.15. The maximum atomic E-state index is 9.18. The molecule has 1 aromatic carbocycles. The molecule has 0 aromatic heterocycles. The average Bonchev–Trinajstić information content (AvgIpc) is 2.28. The second kappa shape index (κ2) is 7.54. The zero-order valence-electron chi connectivity index (χ0n) is 10.4. The molecule has 0 saturated heterocycles. The smallest absolute Gasteiger partial charge is 0.125 e. The number of halogens is 1. The highest BCUT2D eigenvalue weighted by Crippen LogP contribution is 2.26. The van der Waals surface area contributed by atoms with Gasteiger partial charge < -0.3 is 15.2 Å². The molecular weight excluding hydrogens is 238 g/mol. The predicted octanol–water partition coefficient (Wildman–Crippen LogP) is 2.60. The lowest BCUT2D eigenvalue weighted by Gasteiger charge is -2.13. The van der Waals surface area contributed by atoms with Gasteiger partial charge in [-0.1, -0.05) is 24.6 Å². The molecule has 0 radical (unpaired) electrons. The molecule has 4 heteroatoms. The van der Waals surface area contributed by atoms with Gasteiger partial charge in [-0.05, 0) is 25.6 Å². The maximum absolute atomic E-state index is 9.18. The van der Waals surface area contributed by atoms with Gasteiger partial charge in [-0.3, -0.25) is 0 Å². The third kappa shape index (κ3) is 4.94. The van der Waals surface area contributed by atoms with Gasteiger partial charge in [-0.25, -0.2) is 0 Å². The maximum Gasteiger partial charge on any atom is 0.125 e. The summed E-state index contributed by atoms with van der Waals surface area (Å²) in [4.78, 5) is 0. The molecule has 0 aliphatic rings. The van der Waals surface area contributed by atoms with Gasteiger partial charge in [0.1, 0.15) is 5.75 Å². The van der Waals surface area contributed by atoms with Crippen LogP contribution in [0.2, 0.25) is 5.02 Å². The second-order valence-corrected chi connectivity index (χ2v) is 4.39. The van der Waals surface area contributed by atoms with Gasteiger partial charge >= 0.3 is 0 Å². The van der Waals surface area contributed by atoms with Crippen LogP contribution in [-0.4, -0.2) is 24.4 Å². The van der Waals surface area contributed by atoms with Crippen LogP contribution >= 0.6 is 11.6 Å². The Kier molecular flexibility index (Phi) is 6.34. The Hall–Kier alpha value is -0.770. The number of hydrogen-bond donors (Lipinski definition) is 2. The highest BCUT2D eigenvalue weighted by Gasteiger charge is 2.08. The van der Waals surface area contributed by atoms with Crippen LogP contribution in [0.15, 0.2) is 18.2 Å². The van der Waals surface area contributed by atoms with Gasteiger partial charge in [0.2, 0.25) is 0 Å². The first-order valence-electron chi connectivity index (χ1n) is 5.94. The lowest BCUT2D eigenvalue weighted by Crippen LogP contribution is -2.14. The Labute approximate surface area is 108 Å². The molecule has 1 atom stereocenters. The third-order valence-corrected chi connectivity index (χ3v) is 2.77. The number of rotatable bonds is 7. The first-order valence-corrected chi connectivity index (χ1v) is 6.32. The Morgan fingerprint density at radius 2 is 2.24 bits per heavy atom. The van der Waals surface area contributed by atoms with Gasteiger partial charge in [0, 0.05) is 23.6 Å². The van der Waals surface area contributed by atoms with Gasteiger partial charge in [-0.2, -0.15) is 0 Å².